The number of nitrogens with zero attached hydrogens (tertiary/aromatic N) is 1. The van der Waals surface area contributed by atoms with E-state index in [1.807, 2.05) is 0 Å². The first kappa shape index (κ1) is 17.8. The molecule has 0 saturated carbocycles. The Balaban J connectivity index is 2.46. The number of hydrogen-bond acceptors (Lipinski definition) is 7. The largest absolute Gasteiger partial charge is 0.467 e. The van der Waals surface area contributed by atoms with E-state index < -0.39 is 34.5 Å². The molecular weight excluding hydrogens is 304 g/mol. The zero-order valence-electron chi connectivity index (χ0n) is 11.8. The number of morpholine rings is 1. The van der Waals surface area contributed by atoms with E-state index in [0.717, 1.165) is 7.11 Å². The predicted molar refractivity (Wildman–Crippen MR) is 71.8 cm³/mol. The minimum atomic E-state index is -3.53. The minimum Gasteiger partial charge on any atom is -0.467 e. The number of esters is 1. The Morgan fingerprint density at radius 1 is 1.38 bits per heavy atom. The van der Waals surface area contributed by atoms with Crippen LogP contribution in [-0.2, 0) is 29.1 Å². The summed E-state index contributed by atoms with van der Waals surface area (Å²) in [6, 6.07) is -1.19. The molecule has 10 heteroatoms. The SMILES string of the molecule is COC(=O)C(CO)NC(=O)CCS(=O)(=O)N1CCOCC1. The Morgan fingerprint density at radius 2 is 2.00 bits per heavy atom. The van der Waals surface area contributed by atoms with Crippen molar-refractivity contribution in [2.24, 2.45) is 0 Å². The van der Waals surface area contributed by atoms with E-state index in [1.54, 1.807) is 0 Å². The van der Waals surface area contributed by atoms with Crippen LogP contribution in [0, 0.1) is 0 Å². The van der Waals surface area contributed by atoms with Crippen molar-refractivity contribution >= 4 is 21.9 Å². The van der Waals surface area contributed by atoms with Crippen molar-refractivity contribution in [1.82, 2.24) is 9.62 Å². The maximum atomic E-state index is 12.0. The number of ether oxygens (including phenoxy) is 2. The second-order valence-corrected chi connectivity index (χ2v) is 6.49. The summed E-state index contributed by atoms with van der Waals surface area (Å²) in [6.45, 7) is 0.589. The van der Waals surface area contributed by atoms with Crippen molar-refractivity contribution < 1.29 is 32.6 Å². The van der Waals surface area contributed by atoms with E-state index in [4.69, 9.17) is 9.84 Å². The number of methoxy groups -OCH3 is 1. The summed E-state index contributed by atoms with van der Waals surface area (Å²) < 4.78 is 34.7. The average molecular weight is 324 g/mol. The molecule has 1 aliphatic rings. The standard InChI is InChI=1S/C11H20N2O7S/c1-19-11(16)9(8-14)12-10(15)2-7-21(17,18)13-3-5-20-6-4-13/h9,14H,2-8H2,1H3,(H,12,15). The van der Waals surface area contributed by atoms with Crippen LogP contribution >= 0.6 is 0 Å². The number of carbonyl (C=O) groups is 2. The van der Waals surface area contributed by atoms with Crippen LogP contribution in [0.4, 0.5) is 0 Å². The molecule has 21 heavy (non-hydrogen) atoms. The van der Waals surface area contributed by atoms with Crippen LogP contribution in [0.25, 0.3) is 0 Å². The monoisotopic (exact) mass is 324 g/mol. The summed E-state index contributed by atoms with van der Waals surface area (Å²) in [5, 5.41) is 11.2. The van der Waals surface area contributed by atoms with Gasteiger partial charge in [-0.25, -0.2) is 13.2 Å². The normalized spacial score (nSPS) is 18.0. The molecule has 0 aliphatic carbocycles. The molecule has 0 spiro atoms. The molecule has 1 atom stereocenters. The van der Waals surface area contributed by atoms with Gasteiger partial charge in [-0.1, -0.05) is 0 Å². The van der Waals surface area contributed by atoms with E-state index in [9.17, 15) is 18.0 Å². The van der Waals surface area contributed by atoms with Crippen LogP contribution in [0.5, 0.6) is 0 Å². The van der Waals surface area contributed by atoms with Gasteiger partial charge in [-0.15, -0.1) is 0 Å². The number of sulfonamides is 1. The molecule has 0 aromatic rings. The zero-order valence-corrected chi connectivity index (χ0v) is 12.6. The molecular formula is C11H20N2O7S. The lowest BCUT2D eigenvalue weighted by atomic mass is 10.3. The van der Waals surface area contributed by atoms with E-state index in [-0.39, 0.29) is 25.3 Å². The first-order chi connectivity index (χ1) is 9.90. The number of aliphatic hydroxyl groups is 1. The van der Waals surface area contributed by atoms with Crippen molar-refractivity contribution in [2.45, 2.75) is 12.5 Å². The molecule has 1 fully saturated rings. The van der Waals surface area contributed by atoms with Crippen molar-refractivity contribution in [3.8, 4) is 0 Å². The van der Waals surface area contributed by atoms with Crippen LogP contribution in [0.2, 0.25) is 0 Å². The highest BCUT2D eigenvalue weighted by Crippen LogP contribution is 2.07. The summed E-state index contributed by atoms with van der Waals surface area (Å²) >= 11 is 0. The fourth-order valence-electron chi connectivity index (χ4n) is 1.76. The molecule has 1 rings (SSSR count). The van der Waals surface area contributed by atoms with Crippen molar-refractivity contribution in [3.05, 3.63) is 0 Å². The Bertz CT molecular complexity index is 459. The minimum absolute atomic E-state index is 0.269. The summed E-state index contributed by atoms with van der Waals surface area (Å²) in [5.74, 6) is -1.80. The fraction of sp³-hybridized carbons (Fsp3) is 0.818. The highest BCUT2D eigenvalue weighted by Gasteiger charge is 2.26. The Hall–Kier alpha value is -1.23. The molecule has 122 valence electrons. The second-order valence-electron chi connectivity index (χ2n) is 4.40. The van der Waals surface area contributed by atoms with Crippen LogP contribution in [0.1, 0.15) is 6.42 Å². The Labute approximate surface area is 123 Å². The van der Waals surface area contributed by atoms with Gasteiger partial charge in [0.25, 0.3) is 0 Å². The first-order valence-electron chi connectivity index (χ1n) is 6.44. The number of amides is 1. The highest BCUT2D eigenvalue weighted by atomic mass is 32.2. The molecule has 0 radical (unpaired) electrons. The number of aliphatic hydroxyl groups excluding tert-OH is 1. The lowest BCUT2D eigenvalue weighted by molar-refractivity contribution is -0.146. The summed E-state index contributed by atoms with van der Waals surface area (Å²) in [6.07, 6.45) is -0.298. The van der Waals surface area contributed by atoms with Crippen LogP contribution in [-0.4, -0.2) is 81.5 Å². The molecule has 1 aliphatic heterocycles. The Morgan fingerprint density at radius 3 is 2.52 bits per heavy atom. The highest BCUT2D eigenvalue weighted by molar-refractivity contribution is 7.89. The lowest BCUT2D eigenvalue weighted by Crippen LogP contribution is -2.46. The third-order valence-electron chi connectivity index (χ3n) is 2.95. The quantitative estimate of drug-likeness (QED) is 0.504. The second kappa shape index (κ2) is 8.27. The summed E-state index contributed by atoms with van der Waals surface area (Å²) in [7, 11) is -2.41. The van der Waals surface area contributed by atoms with E-state index >= 15 is 0 Å². The maximum absolute atomic E-state index is 12.0. The van der Waals surface area contributed by atoms with Gasteiger partial charge in [0.2, 0.25) is 15.9 Å². The smallest absolute Gasteiger partial charge is 0.330 e. The Kier molecular flexibility index (Phi) is 7.02. The maximum Gasteiger partial charge on any atom is 0.330 e. The van der Waals surface area contributed by atoms with Gasteiger partial charge in [0.1, 0.15) is 0 Å². The van der Waals surface area contributed by atoms with Gasteiger partial charge in [0, 0.05) is 19.5 Å². The molecule has 1 unspecified atom stereocenters. The predicted octanol–water partition coefficient (Wildman–Crippen LogP) is -2.31. The van der Waals surface area contributed by atoms with Gasteiger partial charge in [0.15, 0.2) is 6.04 Å². The van der Waals surface area contributed by atoms with Crippen molar-refractivity contribution in [2.75, 3.05) is 45.8 Å². The van der Waals surface area contributed by atoms with E-state index in [2.05, 4.69) is 10.1 Å². The summed E-state index contributed by atoms with van der Waals surface area (Å²) in [4.78, 5) is 22.8. The molecule has 0 bridgehead atoms. The number of rotatable bonds is 7. The molecule has 0 aromatic carbocycles. The zero-order chi connectivity index (χ0) is 15.9. The van der Waals surface area contributed by atoms with Gasteiger partial charge < -0.3 is 19.9 Å². The van der Waals surface area contributed by atoms with Gasteiger partial charge in [-0.05, 0) is 0 Å². The van der Waals surface area contributed by atoms with Crippen LogP contribution in [0.15, 0.2) is 0 Å². The van der Waals surface area contributed by atoms with Crippen LogP contribution < -0.4 is 5.32 Å². The van der Waals surface area contributed by atoms with Gasteiger partial charge in [-0.2, -0.15) is 4.31 Å². The van der Waals surface area contributed by atoms with Crippen molar-refractivity contribution in [1.29, 1.82) is 0 Å². The molecule has 1 amide bonds. The van der Waals surface area contributed by atoms with Gasteiger partial charge >= 0.3 is 5.97 Å². The number of carbonyl (C=O) groups excluding carboxylic acids is 2. The van der Waals surface area contributed by atoms with Gasteiger partial charge in [0.05, 0.1) is 32.7 Å². The topological polar surface area (TPSA) is 122 Å². The molecule has 9 nitrogen and oxygen atoms in total. The van der Waals surface area contributed by atoms with Gasteiger partial charge in [-0.3, -0.25) is 4.79 Å². The molecule has 2 N–H and O–H groups in total. The average Bonchev–Trinajstić information content (AvgIpc) is 2.50. The lowest BCUT2D eigenvalue weighted by Gasteiger charge is -2.26. The number of hydrogen-bond donors (Lipinski definition) is 2. The van der Waals surface area contributed by atoms with Crippen LogP contribution in [0.3, 0.4) is 0 Å². The first-order valence-corrected chi connectivity index (χ1v) is 8.05. The number of nitrogens with one attached hydrogen (secondary N) is 1. The summed E-state index contributed by atoms with van der Waals surface area (Å²) in [5.41, 5.74) is 0. The molecule has 0 aromatic heterocycles. The van der Waals surface area contributed by atoms with Crippen molar-refractivity contribution in [3.63, 3.8) is 0 Å². The third kappa shape index (κ3) is 5.58. The fourth-order valence-corrected chi connectivity index (χ4v) is 3.17. The van der Waals surface area contributed by atoms with E-state index in [1.165, 1.54) is 4.31 Å². The molecule has 1 saturated heterocycles. The third-order valence-corrected chi connectivity index (χ3v) is 4.83. The van der Waals surface area contributed by atoms with E-state index in [0.29, 0.717) is 13.2 Å². The molecule has 1 heterocycles.